The number of benzene rings is 1. The number of nitrogens with zero attached hydrogens (tertiary/aromatic N) is 2. The lowest BCUT2D eigenvalue weighted by Gasteiger charge is -2.19. The molecule has 1 aromatic carbocycles. The summed E-state index contributed by atoms with van der Waals surface area (Å²) >= 11 is 0. The van der Waals surface area contributed by atoms with Gasteiger partial charge in [-0.3, -0.25) is 4.98 Å². The Morgan fingerprint density at radius 1 is 1.05 bits per heavy atom. The lowest BCUT2D eigenvalue weighted by molar-refractivity contribution is 0.590. The molecule has 118 valence electrons. The average molecular weight is 298 g/mol. The summed E-state index contributed by atoms with van der Waals surface area (Å²) in [6.07, 6.45) is 3.42. The molecule has 2 aromatic rings. The number of pyridine rings is 1. The van der Waals surface area contributed by atoms with Gasteiger partial charge in [0.2, 0.25) is 0 Å². The van der Waals surface area contributed by atoms with E-state index in [1.54, 1.807) is 12.4 Å². The molecular formula is C18H26N4. The molecule has 0 amide bonds. The van der Waals surface area contributed by atoms with Gasteiger partial charge in [-0.2, -0.15) is 5.10 Å². The second kappa shape index (κ2) is 7.59. The van der Waals surface area contributed by atoms with Gasteiger partial charge >= 0.3 is 0 Å². The van der Waals surface area contributed by atoms with Crippen LogP contribution in [-0.2, 0) is 5.41 Å². The van der Waals surface area contributed by atoms with Gasteiger partial charge in [-0.15, -0.1) is 0 Å². The van der Waals surface area contributed by atoms with Gasteiger partial charge in [0.15, 0.2) is 5.84 Å². The molecule has 0 radical (unpaired) electrons. The van der Waals surface area contributed by atoms with Gasteiger partial charge in [0, 0.05) is 18.0 Å². The van der Waals surface area contributed by atoms with Gasteiger partial charge in [0.1, 0.15) is 0 Å². The number of nitrogens with two attached hydrogens (primary N) is 2. The molecule has 4 N–H and O–H groups in total. The molecule has 0 atom stereocenters. The Morgan fingerprint density at radius 3 is 2.14 bits per heavy atom. The predicted molar refractivity (Wildman–Crippen MR) is 94.6 cm³/mol. The third-order valence-corrected chi connectivity index (χ3v) is 3.30. The molecule has 4 nitrogen and oxygen atoms in total. The van der Waals surface area contributed by atoms with Crippen LogP contribution in [-0.4, -0.2) is 10.8 Å². The van der Waals surface area contributed by atoms with Gasteiger partial charge in [-0.1, -0.05) is 58.9 Å². The lowest BCUT2D eigenvalue weighted by Crippen LogP contribution is -2.17. The van der Waals surface area contributed by atoms with Crippen LogP contribution in [0.5, 0.6) is 0 Å². The van der Waals surface area contributed by atoms with E-state index < -0.39 is 0 Å². The van der Waals surface area contributed by atoms with Crippen LogP contribution in [0.25, 0.3) is 11.1 Å². The molecule has 0 bridgehead atoms. The van der Waals surface area contributed by atoms with Gasteiger partial charge in [-0.25, -0.2) is 0 Å². The third kappa shape index (κ3) is 4.07. The molecule has 0 aliphatic rings. The minimum atomic E-state index is 0.136. The molecule has 0 fully saturated rings. The van der Waals surface area contributed by atoms with Crippen molar-refractivity contribution in [2.75, 3.05) is 0 Å². The van der Waals surface area contributed by atoms with Crippen LogP contribution in [0, 0.1) is 0 Å². The normalized spacial score (nSPS) is 11.6. The van der Waals surface area contributed by atoms with Gasteiger partial charge in [0.25, 0.3) is 0 Å². The van der Waals surface area contributed by atoms with E-state index in [0.717, 1.165) is 16.7 Å². The highest BCUT2D eigenvalue weighted by atomic mass is 15.2. The molecule has 4 heteroatoms. The van der Waals surface area contributed by atoms with Crippen molar-refractivity contribution in [2.45, 2.75) is 40.0 Å². The zero-order valence-corrected chi connectivity index (χ0v) is 14.1. The number of hydrogen-bond donors (Lipinski definition) is 2. The maximum atomic E-state index is 5.82. The SMILES string of the molecule is CC.CC(C)(C)c1ccc(-c2ccncc2/C(N)=N/N)cc1. The Kier molecular flexibility index (Phi) is 6.11. The number of aromatic nitrogens is 1. The minimum absolute atomic E-state index is 0.136. The smallest absolute Gasteiger partial charge is 0.152 e. The summed E-state index contributed by atoms with van der Waals surface area (Å²) in [4.78, 5) is 4.08. The monoisotopic (exact) mass is 298 g/mol. The topological polar surface area (TPSA) is 77.3 Å². The minimum Gasteiger partial charge on any atom is -0.382 e. The molecule has 1 heterocycles. The molecule has 0 saturated heterocycles. The predicted octanol–water partition coefficient (Wildman–Crippen LogP) is 3.65. The molecular weight excluding hydrogens is 272 g/mol. The summed E-state index contributed by atoms with van der Waals surface area (Å²) in [5, 5.41) is 3.56. The van der Waals surface area contributed by atoms with Crippen LogP contribution >= 0.6 is 0 Å². The zero-order chi connectivity index (χ0) is 16.8. The van der Waals surface area contributed by atoms with Crippen molar-refractivity contribution < 1.29 is 0 Å². The molecule has 1 aromatic heterocycles. The second-order valence-corrected chi connectivity index (χ2v) is 5.76. The molecule has 0 aliphatic heterocycles. The van der Waals surface area contributed by atoms with E-state index in [2.05, 4.69) is 55.1 Å². The van der Waals surface area contributed by atoms with E-state index in [9.17, 15) is 0 Å². The lowest BCUT2D eigenvalue weighted by atomic mass is 9.86. The largest absolute Gasteiger partial charge is 0.382 e. The highest BCUT2D eigenvalue weighted by Gasteiger charge is 2.14. The first kappa shape index (κ1) is 17.7. The first-order chi connectivity index (χ1) is 10.4. The van der Waals surface area contributed by atoms with Crippen molar-refractivity contribution in [1.29, 1.82) is 0 Å². The molecule has 0 aliphatic carbocycles. The maximum Gasteiger partial charge on any atom is 0.152 e. The standard InChI is InChI=1S/C16H20N4.C2H6/c1-16(2,3)12-6-4-11(5-7-12)13-8-9-19-10-14(13)15(17)20-18;1-2/h4-10H,18H2,1-3H3,(H2,17,20);1-2H3. The summed E-state index contributed by atoms with van der Waals surface area (Å²) in [7, 11) is 0. The number of rotatable bonds is 2. The second-order valence-electron chi connectivity index (χ2n) is 5.76. The number of hydrazone groups is 1. The fourth-order valence-electron chi connectivity index (χ4n) is 2.07. The molecule has 0 unspecified atom stereocenters. The molecule has 0 spiro atoms. The fourth-order valence-corrected chi connectivity index (χ4v) is 2.07. The van der Waals surface area contributed by atoms with Crippen molar-refractivity contribution in [2.24, 2.45) is 16.7 Å². The molecule has 2 rings (SSSR count). The van der Waals surface area contributed by atoms with E-state index in [-0.39, 0.29) is 11.3 Å². The van der Waals surface area contributed by atoms with Gasteiger partial charge in [0.05, 0.1) is 0 Å². The zero-order valence-electron chi connectivity index (χ0n) is 14.1. The summed E-state index contributed by atoms with van der Waals surface area (Å²) in [6.45, 7) is 10.6. The van der Waals surface area contributed by atoms with Crippen LogP contribution in [0.1, 0.15) is 45.7 Å². The Hall–Kier alpha value is -2.36. The van der Waals surface area contributed by atoms with Gasteiger partial charge in [-0.05, 0) is 28.2 Å². The third-order valence-electron chi connectivity index (χ3n) is 3.30. The van der Waals surface area contributed by atoms with Crippen molar-refractivity contribution >= 4 is 5.84 Å². The van der Waals surface area contributed by atoms with Crippen LogP contribution in [0.4, 0.5) is 0 Å². The summed E-state index contributed by atoms with van der Waals surface area (Å²) in [6, 6.07) is 10.4. The van der Waals surface area contributed by atoms with Crippen molar-refractivity contribution in [3.63, 3.8) is 0 Å². The molecule has 22 heavy (non-hydrogen) atoms. The van der Waals surface area contributed by atoms with Crippen molar-refractivity contribution in [3.05, 3.63) is 53.9 Å². The Morgan fingerprint density at radius 2 is 1.64 bits per heavy atom. The summed E-state index contributed by atoms with van der Waals surface area (Å²) in [5.74, 6) is 5.55. The van der Waals surface area contributed by atoms with Crippen LogP contribution in [0.3, 0.4) is 0 Å². The van der Waals surface area contributed by atoms with E-state index in [4.69, 9.17) is 11.6 Å². The van der Waals surface area contributed by atoms with Crippen molar-refractivity contribution in [1.82, 2.24) is 4.98 Å². The quantitative estimate of drug-likeness (QED) is 0.384. The summed E-state index contributed by atoms with van der Waals surface area (Å²) < 4.78 is 0. The van der Waals surface area contributed by atoms with E-state index in [1.165, 1.54) is 5.56 Å². The van der Waals surface area contributed by atoms with Gasteiger partial charge < -0.3 is 11.6 Å². The number of hydrogen-bond acceptors (Lipinski definition) is 3. The summed E-state index contributed by atoms with van der Waals surface area (Å²) in [5.41, 5.74) is 10.0. The highest BCUT2D eigenvalue weighted by Crippen LogP contribution is 2.27. The number of amidine groups is 1. The maximum absolute atomic E-state index is 5.82. The van der Waals surface area contributed by atoms with Crippen LogP contribution in [0.15, 0.2) is 47.8 Å². The Bertz CT molecular complexity index is 622. The van der Waals surface area contributed by atoms with Crippen molar-refractivity contribution in [3.8, 4) is 11.1 Å². The van der Waals surface area contributed by atoms with Crippen LogP contribution in [0.2, 0.25) is 0 Å². The fraction of sp³-hybridized carbons (Fsp3) is 0.333. The van der Waals surface area contributed by atoms with Crippen LogP contribution < -0.4 is 11.6 Å². The van der Waals surface area contributed by atoms with E-state index in [0.29, 0.717) is 0 Å². The molecule has 0 saturated carbocycles. The Balaban J connectivity index is 0.00000116. The highest BCUT2D eigenvalue weighted by molar-refractivity contribution is 6.02. The Labute approximate surface area is 133 Å². The average Bonchev–Trinajstić information content (AvgIpc) is 2.55. The first-order valence-corrected chi connectivity index (χ1v) is 7.52. The first-order valence-electron chi connectivity index (χ1n) is 7.52. The van der Waals surface area contributed by atoms with E-state index >= 15 is 0 Å². The van der Waals surface area contributed by atoms with E-state index in [1.807, 2.05) is 19.9 Å².